The second-order valence-electron chi connectivity index (χ2n) is 6.16. The summed E-state index contributed by atoms with van der Waals surface area (Å²) < 4.78 is 0. The van der Waals surface area contributed by atoms with Gasteiger partial charge in [-0.3, -0.25) is 14.4 Å². The highest BCUT2D eigenvalue weighted by molar-refractivity contribution is 6.52. The second kappa shape index (κ2) is 4.29. The highest BCUT2D eigenvalue weighted by atomic mass is 16.3. The van der Waals surface area contributed by atoms with E-state index in [4.69, 9.17) is 0 Å². The van der Waals surface area contributed by atoms with Crippen LogP contribution in [0.25, 0.3) is 0 Å². The molecule has 0 amide bonds. The fourth-order valence-corrected chi connectivity index (χ4v) is 3.83. The van der Waals surface area contributed by atoms with Crippen LogP contribution >= 0.6 is 0 Å². The van der Waals surface area contributed by atoms with Crippen LogP contribution in [-0.2, 0) is 14.4 Å². The van der Waals surface area contributed by atoms with E-state index in [0.29, 0.717) is 0 Å². The van der Waals surface area contributed by atoms with Gasteiger partial charge in [-0.2, -0.15) is 0 Å². The quantitative estimate of drug-likeness (QED) is 0.582. The minimum absolute atomic E-state index is 0.109. The summed E-state index contributed by atoms with van der Waals surface area (Å²) in [6.45, 7) is 7.08. The van der Waals surface area contributed by atoms with Crippen LogP contribution in [0.15, 0.2) is 11.3 Å². The molecule has 1 spiro atoms. The first-order valence-electron chi connectivity index (χ1n) is 6.80. The molecule has 4 nitrogen and oxygen atoms in total. The number of aliphatic hydroxyl groups excluding tert-OH is 1. The van der Waals surface area contributed by atoms with Crippen molar-refractivity contribution in [2.75, 3.05) is 0 Å². The largest absolute Gasteiger partial charge is 0.504 e. The summed E-state index contributed by atoms with van der Waals surface area (Å²) >= 11 is 0. The number of Topliss-reactive ketones (excluding diaryl/α,β-unsaturated/α-hetero) is 3. The number of rotatable bonds is 1. The molecule has 0 bridgehead atoms. The lowest BCUT2D eigenvalue weighted by molar-refractivity contribution is -0.154. The Bertz CT molecular complexity index is 500. The molecule has 1 fully saturated rings. The lowest BCUT2D eigenvalue weighted by Crippen LogP contribution is -2.54. The van der Waals surface area contributed by atoms with E-state index in [1.807, 2.05) is 20.8 Å². The Labute approximate surface area is 112 Å². The van der Waals surface area contributed by atoms with Crippen molar-refractivity contribution < 1.29 is 19.5 Å². The molecule has 3 unspecified atom stereocenters. The molecule has 19 heavy (non-hydrogen) atoms. The van der Waals surface area contributed by atoms with Gasteiger partial charge >= 0.3 is 0 Å². The first-order valence-corrected chi connectivity index (χ1v) is 6.80. The van der Waals surface area contributed by atoms with Gasteiger partial charge in [-0.15, -0.1) is 0 Å². The number of carbonyl (C=O) groups is 3. The maximum absolute atomic E-state index is 12.6. The van der Waals surface area contributed by atoms with Crippen molar-refractivity contribution in [1.82, 2.24) is 0 Å². The van der Waals surface area contributed by atoms with Gasteiger partial charge in [0.2, 0.25) is 17.3 Å². The van der Waals surface area contributed by atoms with Crippen LogP contribution < -0.4 is 0 Å². The number of hydrogen-bond acceptors (Lipinski definition) is 4. The molecule has 0 aromatic heterocycles. The van der Waals surface area contributed by atoms with Gasteiger partial charge in [0, 0.05) is 5.57 Å². The van der Waals surface area contributed by atoms with Crippen LogP contribution in [0.4, 0.5) is 0 Å². The van der Waals surface area contributed by atoms with E-state index in [9.17, 15) is 19.5 Å². The maximum Gasteiger partial charge on any atom is 0.229 e. The topological polar surface area (TPSA) is 71.4 Å². The van der Waals surface area contributed by atoms with Crippen molar-refractivity contribution in [3.05, 3.63) is 11.3 Å². The molecule has 2 aliphatic rings. The average Bonchev–Trinajstić information content (AvgIpc) is 2.71. The fourth-order valence-electron chi connectivity index (χ4n) is 3.83. The summed E-state index contributed by atoms with van der Waals surface area (Å²) in [6.07, 6.45) is 1.48. The highest BCUT2D eigenvalue weighted by Crippen LogP contribution is 2.54. The van der Waals surface area contributed by atoms with Gasteiger partial charge in [0.15, 0.2) is 5.76 Å². The Morgan fingerprint density at radius 1 is 1.16 bits per heavy atom. The second-order valence-corrected chi connectivity index (χ2v) is 6.16. The zero-order valence-corrected chi connectivity index (χ0v) is 11.8. The lowest BCUT2D eigenvalue weighted by atomic mass is 9.59. The van der Waals surface area contributed by atoms with Gasteiger partial charge in [-0.25, -0.2) is 0 Å². The average molecular weight is 264 g/mol. The molecular weight excluding hydrogens is 244 g/mol. The molecule has 0 aromatic carbocycles. The van der Waals surface area contributed by atoms with Crippen molar-refractivity contribution in [2.24, 2.45) is 23.2 Å². The third kappa shape index (κ3) is 1.55. The highest BCUT2D eigenvalue weighted by Gasteiger charge is 2.63. The number of carbonyl (C=O) groups excluding carboxylic acids is 3. The molecule has 0 heterocycles. The zero-order chi connectivity index (χ0) is 14.5. The minimum Gasteiger partial charge on any atom is -0.504 e. The van der Waals surface area contributed by atoms with Crippen LogP contribution in [0, 0.1) is 23.2 Å². The summed E-state index contributed by atoms with van der Waals surface area (Å²) in [4.78, 5) is 37.1. The molecule has 2 rings (SSSR count). The molecule has 4 heteroatoms. The Hall–Kier alpha value is -1.45. The van der Waals surface area contributed by atoms with Gasteiger partial charge in [0.05, 0.1) is 0 Å². The lowest BCUT2D eigenvalue weighted by Gasteiger charge is -2.39. The Balaban J connectivity index is 2.68. The predicted octanol–water partition coefficient (Wildman–Crippen LogP) is 2.23. The van der Waals surface area contributed by atoms with Crippen LogP contribution in [0.3, 0.4) is 0 Å². The van der Waals surface area contributed by atoms with Crippen molar-refractivity contribution in [1.29, 1.82) is 0 Å². The molecule has 0 radical (unpaired) electrons. The molecular formula is C15H20O4. The van der Waals surface area contributed by atoms with Crippen LogP contribution in [-0.4, -0.2) is 22.5 Å². The van der Waals surface area contributed by atoms with Crippen molar-refractivity contribution in [3.63, 3.8) is 0 Å². The van der Waals surface area contributed by atoms with Gasteiger partial charge in [0.25, 0.3) is 0 Å². The predicted molar refractivity (Wildman–Crippen MR) is 69.5 cm³/mol. The summed E-state index contributed by atoms with van der Waals surface area (Å²) in [5, 5.41) is 9.93. The van der Waals surface area contributed by atoms with Crippen molar-refractivity contribution >= 4 is 17.3 Å². The van der Waals surface area contributed by atoms with E-state index in [1.54, 1.807) is 0 Å². The van der Waals surface area contributed by atoms with E-state index in [1.165, 1.54) is 6.92 Å². The molecule has 2 aliphatic carbocycles. The fraction of sp³-hybridized carbons (Fsp3) is 0.667. The van der Waals surface area contributed by atoms with Crippen LogP contribution in [0.5, 0.6) is 0 Å². The van der Waals surface area contributed by atoms with E-state index in [0.717, 1.165) is 12.8 Å². The molecule has 0 aliphatic heterocycles. The van der Waals surface area contributed by atoms with E-state index in [-0.39, 0.29) is 23.3 Å². The zero-order valence-electron chi connectivity index (χ0n) is 11.8. The van der Waals surface area contributed by atoms with Crippen molar-refractivity contribution in [3.8, 4) is 0 Å². The van der Waals surface area contributed by atoms with Gasteiger partial charge in [-0.1, -0.05) is 20.8 Å². The normalized spacial score (nSPS) is 35.9. The molecule has 0 saturated heterocycles. The molecule has 3 atom stereocenters. The molecule has 1 N–H and O–H groups in total. The summed E-state index contributed by atoms with van der Waals surface area (Å²) in [7, 11) is 0. The van der Waals surface area contributed by atoms with Crippen molar-refractivity contribution in [2.45, 2.75) is 40.5 Å². The van der Waals surface area contributed by atoms with E-state index >= 15 is 0 Å². The molecule has 104 valence electrons. The van der Waals surface area contributed by atoms with Crippen LogP contribution in [0.2, 0.25) is 0 Å². The first-order chi connectivity index (χ1) is 8.76. The number of aliphatic hydroxyl groups is 1. The van der Waals surface area contributed by atoms with Gasteiger partial charge in [-0.05, 0) is 37.5 Å². The SMILES string of the molecule is CC1=C(O)C(=O)C2(C(=O)C1=O)C(C)CCC2C(C)C. The van der Waals surface area contributed by atoms with Gasteiger partial charge < -0.3 is 5.11 Å². The third-order valence-electron chi connectivity index (χ3n) is 4.95. The Kier molecular flexibility index (Phi) is 3.15. The molecule has 1 saturated carbocycles. The number of hydrogen-bond donors (Lipinski definition) is 1. The summed E-state index contributed by atoms with van der Waals surface area (Å²) in [5.41, 5.74) is -1.43. The Morgan fingerprint density at radius 3 is 2.26 bits per heavy atom. The van der Waals surface area contributed by atoms with E-state index in [2.05, 4.69) is 0 Å². The maximum atomic E-state index is 12.6. The summed E-state index contributed by atoms with van der Waals surface area (Å²) in [6, 6.07) is 0. The molecule has 0 aromatic rings. The first kappa shape index (κ1) is 14.0. The Morgan fingerprint density at radius 2 is 1.74 bits per heavy atom. The monoisotopic (exact) mass is 264 g/mol. The number of allylic oxidation sites excluding steroid dienone is 2. The van der Waals surface area contributed by atoms with E-state index < -0.39 is 28.5 Å². The number of ketones is 3. The third-order valence-corrected chi connectivity index (χ3v) is 4.95. The smallest absolute Gasteiger partial charge is 0.229 e. The van der Waals surface area contributed by atoms with Crippen LogP contribution in [0.1, 0.15) is 40.5 Å². The summed E-state index contributed by atoms with van der Waals surface area (Å²) in [5.74, 6) is -2.60. The van der Waals surface area contributed by atoms with Gasteiger partial charge in [0.1, 0.15) is 5.41 Å². The minimum atomic E-state index is -1.32. The standard InChI is InChI=1S/C15H20O4/c1-7(2)10-6-5-8(3)15(10)13(18)11(16)9(4)12(17)14(15)19/h7-8,10,16H,5-6H2,1-4H3.